The van der Waals surface area contributed by atoms with Gasteiger partial charge in [-0.15, -0.1) is 0 Å². The van der Waals surface area contributed by atoms with Gasteiger partial charge in [0, 0.05) is 45.5 Å². The van der Waals surface area contributed by atoms with Gasteiger partial charge in [0.15, 0.2) is 0 Å². The molecule has 2 N–H and O–H groups in total. The highest BCUT2D eigenvalue weighted by Crippen LogP contribution is 2.26. The summed E-state index contributed by atoms with van der Waals surface area (Å²) >= 11 is 0. The van der Waals surface area contributed by atoms with Crippen molar-refractivity contribution >= 4 is 17.6 Å². The van der Waals surface area contributed by atoms with Crippen LogP contribution in [0.5, 0.6) is 5.75 Å². The monoisotopic (exact) mass is 448 g/mol. The van der Waals surface area contributed by atoms with E-state index in [9.17, 15) is 9.59 Å². The molecule has 2 rings (SSSR count). The van der Waals surface area contributed by atoms with E-state index in [1.54, 1.807) is 37.3 Å². The Morgan fingerprint density at radius 3 is 2.62 bits per heavy atom. The van der Waals surface area contributed by atoms with Crippen LogP contribution >= 0.6 is 0 Å². The molecule has 32 heavy (non-hydrogen) atoms. The molecule has 0 unspecified atom stereocenters. The third-order valence-electron chi connectivity index (χ3n) is 5.88. The highest BCUT2D eigenvalue weighted by molar-refractivity contribution is 5.99. The summed E-state index contributed by atoms with van der Waals surface area (Å²) in [5, 5.41) is 5.58. The van der Waals surface area contributed by atoms with Crippen molar-refractivity contribution in [1.29, 1.82) is 0 Å². The van der Waals surface area contributed by atoms with Crippen molar-refractivity contribution in [2.75, 3.05) is 52.3 Å². The SMILES string of the molecule is CCCNC(=O)Nc1ccc2c(c1)C(=O)N(C)C[C@H](OC)[C@H](C)CN(CCC)[C@@H](C)CO2. The smallest absolute Gasteiger partial charge is 0.319 e. The zero-order valence-electron chi connectivity index (χ0n) is 20.4. The van der Waals surface area contributed by atoms with Crippen molar-refractivity contribution < 1.29 is 19.1 Å². The van der Waals surface area contributed by atoms with Gasteiger partial charge in [0.2, 0.25) is 0 Å². The summed E-state index contributed by atoms with van der Waals surface area (Å²) in [6.45, 7) is 11.9. The van der Waals surface area contributed by atoms with E-state index in [4.69, 9.17) is 9.47 Å². The normalized spacial score (nSPS) is 22.9. The first kappa shape index (κ1) is 25.9. The minimum Gasteiger partial charge on any atom is -0.491 e. The highest BCUT2D eigenvalue weighted by Gasteiger charge is 2.28. The predicted octanol–water partition coefficient (Wildman–Crippen LogP) is 3.43. The Balaban J connectivity index is 2.35. The third kappa shape index (κ3) is 7.10. The van der Waals surface area contributed by atoms with Gasteiger partial charge in [0.1, 0.15) is 12.4 Å². The van der Waals surface area contributed by atoms with Crippen LogP contribution in [-0.2, 0) is 4.74 Å². The molecule has 1 heterocycles. The van der Waals surface area contributed by atoms with E-state index in [1.165, 1.54) is 0 Å². The number of fused-ring (bicyclic) bond motifs is 1. The summed E-state index contributed by atoms with van der Waals surface area (Å²) in [5.41, 5.74) is 0.977. The number of benzene rings is 1. The summed E-state index contributed by atoms with van der Waals surface area (Å²) < 4.78 is 11.9. The molecule has 1 aromatic rings. The molecule has 3 atom stereocenters. The maximum atomic E-state index is 13.3. The summed E-state index contributed by atoms with van der Waals surface area (Å²) in [6, 6.07) is 5.10. The molecule has 0 spiro atoms. The first-order chi connectivity index (χ1) is 15.3. The minimum atomic E-state index is -0.293. The number of amides is 3. The van der Waals surface area contributed by atoms with Crippen molar-refractivity contribution in [3.05, 3.63) is 23.8 Å². The molecule has 0 radical (unpaired) electrons. The van der Waals surface area contributed by atoms with Crippen molar-refractivity contribution in [3.8, 4) is 5.75 Å². The molecule has 1 aliphatic rings. The van der Waals surface area contributed by atoms with E-state index in [0.717, 1.165) is 25.9 Å². The van der Waals surface area contributed by atoms with Gasteiger partial charge in [-0.05, 0) is 50.4 Å². The van der Waals surface area contributed by atoms with E-state index in [-0.39, 0.29) is 30.0 Å². The molecule has 1 aliphatic heterocycles. The Bertz CT molecular complexity index is 758. The Kier molecular flexibility index (Phi) is 10.3. The maximum absolute atomic E-state index is 13.3. The number of rotatable bonds is 6. The lowest BCUT2D eigenvalue weighted by Gasteiger charge is -2.35. The average molecular weight is 449 g/mol. The fourth-order valence-corrected chi connectivity index (χ4v) is 3.94. The number of nitrogens with one attached hydrogen (secondary N) is 2. The summed E-state index contributed by atoms with van der Waals surface area (Å²) in [6.07, 6.45) is 1.82. The Morgan fingerprint density at radius 2 is 1.97 bits per heavy atom. The number of methoxy groups -OCH3 is 1. The molecule has 1 aromatic carbocycles. The lowest BCUT2D eigenvalue weighted by molar-refractivity contribution is 0.0108. The number of likely N-dealkylation sites (N-methyl/N-ethyl adjacent to an activating group) is 1. The van der Waals surface area contributed by atoms with Crippen LogP contribution in [0.4, 0.5) is 10.5 Å². The van der Waals surface area contributed by atoms with Crippen molar-refractivity contribution in [1.82, 2.24) is 15.1 Å². The van der Waals surface area contributed by atoms with Crippen LogP contribution in [0.25, 0.3) is 0 Å². The minimum absolute atomic E-state index is 0.0829. The van der Waals surface area contributed by atoms with Crippen LogP contribution in [0.1, 0.15) is 50.9 Å². The van der Waals surface area contributed by atoms with Crippen molar-refractivity contribution in [2.24, 2.45) is 5.92 Å². The van der Waals surface area contributed by atoms with Crippen LogP contribution in [0, 0.1) is 5.92 Å². The highest BCUT2D eigenvalue weighted by atomic mass is 16.5. The zero-order chi connectivity index (χ0) is 23.7. The average Bonchev–Trinajstić information content (AvgIpc) is 2.78. The fourth-order valence-electron chi connectivity index (χ4n) is 3.94. The molecule has 0 saturated carbocycles. The molecule has 3 amide bonds. The molecule has 180 valence electrons. The van der Waals surface area contributed by atoms with Gasteiger partial charge in [-0.1, -0.05) is 20.8 Å². The van der Waals surface area contributed by atoms with E-state index >= 15 is 0 Å². The molecule has 0 aliphatic carbocycles. The van der Waals surface area contributed by atoms with Gasteiger partial charge in [-0.3, -0.25) is 9.69 Å². The first-order valence-corrected chi connectivity index (χ1v) is 11.6. The quantitative estimate of drug-likeness (QED) is 0.697. The number of anilines is 1. The van der Waals surface area contributed by atoms with Crippen molar-refractivity contribution in [3.63, 3.8) is 0 Å². The topological polar surface area (TPSA) is 83.1 Å². The number of hydrogen-bond acceptors (Lipinski definition) is 5. The van der Waals surface area contributed by atoms with Crippen LogP contribution in [0.3, 0.4) is 0 Å². The molecular formula is C24H40N4O4. The lowest BCUT2D eigenvalue weighted by Crippen LogP contribution is -2.46. The Hall–Kier alpha value is -2.32. The van der Waals surface area contributed by atoms with Gasteiger partial charge in [0.25, 0.3) is 5.91 Å². The van der Waals surface area contributed by atoms with E-state index in [1.807, 2.05) is 6.92 Å². The van der Waals surface area contributed by atoms with Gasteiger partial charge < -0.3 is 25.0 Å². The van der Waals surface area contributed by atoms with Crippen LogP contribution in [-0.4, -0.2) is 80.8 Å². The number of hydrogen-bond donors (Lipinski definition) is 2. The number of nitrogens with zero attached hydrogens (tertiary/aromatic N) is 2. The number of carbonyl (C=O) groups excluding carboxylic acids is 2. The van der Waals surface area contributed by atoms with Gasteiger partial charge >= 0.3 is 6.03 Å². The lowest BCUT2D eigenvalue weighted by atomic mass is 10.0. The number of urea groups is 1. The third-order valence-corrected chi connectivity index (χ3v) is 5.88. The van der Waals surface area contributed by atoms with E-state index in [0.29, 0.717) is 36.7 Å². The molecule has 0 fully saturated rings. The largest absolute Gasteiger partial charge is 0.491 e. The second kappa shape index (κ2) is 12.6. The summed E-state index contributed by atoms with van der Waals surface area (Å²) in [4.78, 5) is 29.5. The van der Waals surface area contributed by atoms with Gasteiger partial charge in [0.05, 0.1) is 11.7 Å². The fraction of sp³-hybridized carbons (Fsp3) is 0.667. The predicted molar refractivity (Wildman–Crippen MR) is 127 cm³/mol. The number of ether oxygens (including phenoxy) is 2. The van der Waals surface area contributed by atoms with Crippen molar-refractivity contribution in [2.45, 2.75) is 52.7 Å². The van der Waals surface area contributed by atoms with E-state index in [2.05, 4.69) is 36.3 Å². The zero-order valence-corrected chi connectivity index (χ0v) is 20.4. The van der Waals surface area contributed by atoms with Gasteiger partial charge in [-0.25, -0.2) is 4.79 Å². The van der Waals surface area contributed by atoms with E-state index < -0.39 is 0 Å². The summed E-state index contributed by atoms with van der Waals surface area (Å²) in [7, 11) is 3.48. The summed E-state index contributed by atoms with van der Waals surface area (Å²) in [5.74, 6) is 0.608. The Labute approximate surface area is 192 Å². The standard InChI is InChI=1S/C24H40N4O4/c1-7-11-25-24(30)26-19-9-10-21-20(13-19)23(29)27(5)15-22(31-6)17(3)14-28(12-8-2)18(4)16-32-21/h9-10,13,17-18,22H,7-8,11-12,14-16H2,1-6H3,(H2,25,26,30)/t17-,18+,22+/m1/s1. The molecule has 0 saturated heterocycles. The number of carbonyl (C=O) groups is 2. The first-order valence-electron chi connectivity index (χ1n) is 11.6. The molecule has 8 nitrogen and oxygen atoms in total. The molecular weight excluding hydrogens is 408 g/mol. The second-order valence-corrected chi connectivity index (χ2v) is 8.68. The molecule has 0 bridgehead atoms. The second-order valence-electron chi connectivity index (χ2n) is 8.68. The van der Waals surface area contributed by atoms with Crippen LogP contribution < -0.4 is 15.4 Å². The Morgan fingerprint density at radius 1 is 1.22 bits per heavy atom. The molecule has 0 aromatic heterocycles. The van der Waals surface area contributed by atoms with Gasteiger partial charge in [-0.2, -0.15) is 0 Å². The molecule has 8 heteroatoms. The van der Waals surface area contributed by atoms with Crippen LogP contribution in [0.2, 0.25) is 0 Å². The van der Waals surface area contributed by atoms with Crippen LogP contribution in [0.15, 0.2) is 18.2 Å². The maximum Gasteiger partial charge on any atom is 0.319 e.